The summed E-state index contributed by atoms with van der Waals surface area (Å²) in [6.45, 7) is 2.11. The molecule has 0 aliphatic carbocycles. The van der Waals surface area contributed by atoms with Crippen molar-refractivity contribution in [1.29, 1.82) is 0 Å². The molecular weight excluding hydrogens is 324 g/mol. The molecule has 1 saturated heterocycles. The van der Waals surface area contributed by atoms with Crippen LogP contribution in [-0.4, -0.2) is 14.5 Å². The van der Waals surface area contributed by atoms with Gasteiger partial charge in [0.1, 0.15) is 5.82 Å². The van der Waals surface area contributed by atoms with Crippen LogP contribution in [0.1, 0.15) is 48.3 Å². The molecule has 1 aliphatic heterocycles. The molecule has 1 fully saturated rings. The number of rotatable bonds is 3. The van der Waals surface area contributed by atoms with E-state index in [1.807, 2.05) is 36.5 Å². The zero-order chi connectivity index (χ0) is 17.9. The summed E-state index contributed by atoms with van der Waals surface area (Å²) in [5.74, 6) is 0.658. The molecule has 132 valence electrons. The standard InChI is InChI=1S/C21H22N4O/c1-15-7-6-13-22-21(15)18-10-4-8-16(23-18)17-9-5-11-19(24-17)25-14-3-2-12-20(25)26/h2-3,5-7,9,11-14,16,18,23H,4,8,10H2,1H3/t16-,18+/m1/s1. The third-order valence-electron chi connectivity index (χ3n) is 4.95. The molecule has 5 heteroatoms. The average molecular weight is 346 g/mol. The average Bonchev–Trinajstić information content (AvgIpc) is 2.69. The summed E-state index contributed by atoms with van der Waals surface area (Å²) in [5, 5.41) is 3.71. The van der Waals surface area contributed by atoms with Crippen LogP contribution in [0.2, 0.25) is 0 Å². The van der Waals surface area contributed by atoms with E-state index in [-0.39, 0.29) is 17.6 Å². The summed E-state index contributed by atoms with van der Waals surface area (Å²) in [5.41, 5.74) is 3.23. The van der Waals surface area contributed by atoms with Gasteiger partial charge < -0.3 is 5.32 Å². The van der Waals surface area contributed by atoms with Crippen molar-refractivity contribution in [3.05, 3.63) is 88.2 Å². The van der Waals surface area contributed by atoms with Gasteiger partial charge in [-0.3, -0.25) is 14.3 Å². The van der Waals surface area contributed by atoms with Crippen LogP contribution in [0.15, 0.2) is 65.7 Å². The molecule has 3 aromatic rings. The van der Waals surface area contributed by atoms with E-state index < -0.39 is 0 Å². The maximum Gasteiger partial charge on any atom is 0.256 e. The van der Waals surface area contributed by atoms with Crippen molar-refractivity contribution in [2.45, 2.75) is 38.3 Å². The summed E-state index contributed by atoms with van der Waals surface area (Å²) in [7, 11) is 0. The lowest BCUT2D eigenvalue weighted by Gasteiger charge is -2.31. The predicted octanol–water partition coefficient (Wildman–Crippen LogP) is 3.49. The van der Waals surface area contributed by atoms with Gasteiger partial charge in [0.15, 0.2) is 0 Å². The van der Waals surface area contributed by atoms with E-state index in [4.69, 9.17) is 4.98 Å². The maximum atomic E-state index is 12.1. The van der Waals surface area contributed by atoms with Gasteiger partial charge in [-0.15, -0.1) is 0 Å². The summed E-state index contributed by atoms with van der Waals surface area (Å²) in [6, 6.07) is 15.5. The van der Waals surface area contributed by atoms with Crippen LogP contribution >= 0.6 is 0 Å². The smallest absolute Gasteiger partial charge is 0.256 e. The molecule has 0 bridgehead atoms. The number of pyridine rings is 3. The molecule has 0 saturated carbocycles. The fourth-order valence-electron chi connectivity index (χ4n) is 3.63. The fraction of sp³-hybridized carbons (Fsp3) is 0.286. The first-order chi connectivity index (χ1) is 12.7. The molecular formula is C21H22N4O. The molecule has 5 nitrogen and oxygen atoms in total. The Morgan fingerprint density at radius 1 is 1.04 bits per heavy atom. The van der Waals surface area contributed by atoms with Crippen LogP contribution in [0.4, 0.5) is 0 Å². The van der Waals surface area contributed by atoms with Gasteiger partial charge in [-0.2, -0.15) is 0 Å². The van der Waals surface area contributed by atoms with Crippen molar-refractivity contribution in [2.24, 2.45) is 0 Å². The van der Waals surface area contributed by atoms with Gasteiger partial charge in [0.05, 0.1) is 23.5 Å². The van der Waals surface area contributed by atoms with Crippen molar-refractivity contribution in [3.63, 3.8) is 0 Å². The van der Waals surface area contributed by atoms with Gasteiger partial charge in [0.25, 0.3) is 5.56 Å². The third-order valence-corrected chi connectivity index (χ3v) is 4.95. The number of hydrogen-bond acceptors (Lipinski definition) is 4. The van der Waals surface area contributed by atoms with Gasteiger partial charge in [-0.25, -0.2) is 4.98 Å². The number of piperidine rings is 1. The second-order valence-corrected chi connectivity index (χ2v) is 6.74. The summed E-state index contributed by atoms with van der Waals surface area (Å²) < 4.78 is 1.58. The molecule has 0 aromatic carbocycles. The summed E-state index contributed by atoms with van der Waals surface area (Å²) in [6.07, 6.45) is 6.83. The summed E-state index contributed by atoms with van der Waals surface area (Å²) >= 11 is 0. The topological polar surface area (TPSA) is 59.8 Å². The molecule has 1 aliphatic rings. The molecule has 0 amide bonds. The van der Waals surface area contributed by atoms with E-state index in [1.54, 1.807) is 22.9 Å². The van der Waals surface area contributed by atoms with Gasteiger partial charge >= 0.3 is 0 Å². The van der Waals surface area contributed by atoms with Crippen LogP contribution in [0.3, 0.4) is 0 Å². The molecule has 4 rings (SSSR count). The molecule has 1 N–H and O–H groups in total. The number of hydrogen-bond donors (Lipinski definition) is 1. The largest absolute Gasteiger partial charge is 0.300 e. The van der Waals surface area contributed by atoms with E-state index in [0.29, 0.717) is 5.82 Å². The van der Waals surface area contributed by atoms with Gasteiger partial charge in [0.2, 0.25) is 0 Å². The van der Waals surface area contributed by atoms with Crippen LogP contribution in [0.5, 0.6) is 0 Å². The Morgan fingerprint density at radius 2 is 1.92 bits per heavy atom. The van der Waals surface area contributed by atoms with Crippen molar-refractivity contribution < 1.29 is 0 Å². The highest BCUT2D eigenvalue weighted by atomic mass is 16.1. The minimum absolute atomic E-state index is 0.0734. The highest BCUT2D eigenvalue weighted by molar-refractivity contribution is 5.28. The highest BCUT2D eigenvalue weighted by Crippen LogP contribution is 2.32. The first-order valence-electron chi connectivity index (χ1n) is 9.05. The molecule has 2 atom stereocenters. The van der Waals surface area contributed by atoms with Crippen LogP contribution in [-0.2, 0) is 0 Å². The second kappa shape index (κ2) is 7.22. The lowest BCUT2D eigenvalue weighted by Crippen LogP contribution is -2.32. The van der Waals surface area contributed by atoms with E-state index in [2.05, 4.69) is 23.3 Å². The lowest BCUT2D eigenvalue weighted by molar-refractivity contribution is 0.320. The van der Waals surface area contributed by atoms with Crippen molar-refractivity contribution in [2.75, 3.05) is 0 Å². The number of nitrogens with one attached hydrogen (secondary N) is 1. The van der Waals surface area contributed by atoms with Crippen molar-refractivity contribution in [1.82, 2.24) is 19.9 Å². The molecule has 3 aromatic heterocycles. The Hall–Kier alpha value is -2.79. The monoisotopic (exact) mass is 346 g/mol. The van der Waals surface area contributed by atoms with Crippen molar-refractivity contribution in [3.8, 4) is 5.82 Å². The van der Waals surface area contributed by atoms with Crippen LogP contribution < -0.4 is 10.9 Å². The minimum atomic E-state index is -0.0734. The third kappa shape index (κ3) is 3.30. The first-order valence-corrected chi connectivity index (χ1v) is 9.05. The Labute approximate surface area is 152 Å². The van der Waals surface area contributed by atoms with Gasteiger partial charge in [0, 0.05) is 18.5 Å². The van der Waals surface area contributed by atoms with Gasteiger partial charge in [-0.1, -0.05) is 18.2 Å². The number of aromatic nitrogens is 3. The maximum absolute atomic E-state index is 12.1. The summed E-state index contributed by atoms with van der Waals surface area (Å²) in [4.78, 5) is 21.4. The zero-order valence-corrected chi connectivity index (χ0v) is 14.8. The first kappa shape index (κ1) is 16.7. The fourth-order valence-corrected chi connectivity index (χ4v) is 3.63. The van der Waals surface area contributed by atoms with E-state index in [0.717, 1.165) is 30.7 Å². The Morgan fingerprint density at radius 3 is 2.77 bits per heavy atom. The van der Waals surface area contributed by atoms with Crippen LogP contribution in [0.25, 0.3) is 5.82 Å². The number of nitrogens with zero attached hydrogens (tertiary/aromatic N) is 3. The Balaban J connectivity index is 1.62. The second-order valence-electron chi connectivity index (χ2n) is 6.74. The van der Waals surface area contributed by atoms with E-state index >= 15 is 0 Å². The highest BCUT2D eigenvalue weighted by Gasteiger charge is 2.26. The Bertz CT molecular complexity index is 966. The van der Waals surface area contributed by atoms with Gasteiger partial charge in [-0.05, 0) is 56.0 Å². The van der Waals surface area contributed by atoms with E-state index in [1.165, 1.54) is 5.56 Å². The molecule has 4 heterocycles. The lowest BCUT2D eigenvalue weighted by atomic mass is 9.93. The Kier molecular flexibility index (Phi) is 4.63. The SMILES string of the molecule is Cc1cccnc1[C@@H]1CCC[C@H](c2cccc(-n3ccccc3=O)n2)N1. The minimum Gasteiger partial charge on any atom is -0.300 e. The molecule has 0 spiro atoms. The normalized spacial score (nSPS) is 20.0. The number of aryl methyl sites for hydroxylation is 1. The van der Waals surface area contributed by atoms with Crippen LogP contribution in [0, 0.1) is 6.92 Å². The van der Waals surface area contributed by atoms with Crippen molar-refractivity contribution >= 4 is 0 Å². The van der Waals surface area contributed by atoms with E-state index in [9.17, 15) is 4.79 Å². The quantitative estimate of drug-likeness (QED) is 0.789. The zero-order valence-electron chi connectivity index (χ0n) is 14.8. The molecule has 0 unspecified atom stereocenters. The predicted molar refractivity (Wildman–Crippen MR) is 101 cm³/mol. The molecule has 26 heavy (non-hydrogen) atoms. The molecule has 0 radical (unpaired) electrons.